The third-order valence-electron chi connectivity index (χ3n) is 5.20. The van der Waals surface area contributed by atoms with Crippen LogP contribution >= 0.6 is 0 Å². The number of anilines is 1. The molecule has 23 heavy (non-hydrogen) atoms. The van der Waals surface area contributed by atoms with Gasteiger partial charge in [-0.1, -0.05) is 12.8 Å². The maximum atomic E-state index is 12.7. The van der Waals surface area contributed by atoms with E-state index in [-0.39, 0.29) is 5.91 Å². The fourth-order valence-electron chi connectivity index (χ4n) is 3.99. The lowest BCUT2D eigenvalue weighted by Crippen LogP contribution is -2.44. The van der Waals surface area contributed by atoms with Gasteiger partial charge in [-0.2, -0.15) is 5.26 Å². The largest absolute Gasteiger partial charge is 0.350 e. The van der Waals surface area contributed by atoms with Gasteiger partial charge in [0.2, 0.25) is 5.91 Å². The third kappa shape index (κ3) is 3.47. The van der Waals surface area contributed by atoms with Crippen molar-refractivity contribution in [1.82, 2.24) is 9.88 Å². The molecule has 2 fully saturated rings. The molecule has 0 spiro atoms. The first kappa shape index (κ1) is 15.8. The van der Waals surface area contributed by atoms with Crippen molar-refractivity contribution < 1.29 is 4.79 Å². The first-order chi connectivity index (χ1) is 11.2. The van der Waals surface area contributed by atoms with E-state index >= 15 is 0 Å². The highest BCUT2D eigenvalue weighted by atomic mass is 16.2. The molecule has 1 amide bonds. The monoisotopic (exact) mass is 312 g/mol. The summed E-state index contributed by atoms with van der Waals surface area (Å²) in [4.78, 5) is 21.0. The van der Waals surface area contributed by atoms with E-state index in [0.717, 1.165) is 25.2 Å². The number of nitrogens with zero attached hydrogens (tertiary/aromatic N) is 4. The van der Waals surface area contributed by atoms with Gasteiger partial charge in [-0.25, -0.2) is 4.98 Å². The first-order valence-electron chi connectivity index (χ1n) is 8.56. The van der Waals surface area contributed by atoms with Crippen LogP contribution in [0, 0.1) is 17.2 Å². The average molecular weight is 312 g/mol. The number of amides is 1. The summed E-state index contributed by atoms with van der Waals surface area (Å²) in [5.41, 5.74) is 0.536. The molecule has 0 N–H and O–H groups in total. The van der Waals surface area contributed by atoms with Gasteiger partial charge in [-0.3, -0.25) is 4.79 Å². The number of hydrogen-bond donors (Lipinski definition) is 0. The summed E-state index contributed by atoms with van der Waals surface area (Å²) < 4.78 is 0. The zero-order valence-electron chi connectivity index (χ0n) is 13.7. The third-order valence-corrected chi connectivity index (χ3v) is 5.20. The highest BCUT2D eigenvalue weighted by Gasteiger charge is 2.35. The predicted octanol–water partition coefficient (Wildman–Crippen LogP) is 2.57. The van der Waals surface area contributed by atoms with Crippen LogP contribution in [0.1, 0.15) is 44.1 Å². The van der Waals surface area contributed by atoms with Crippen molar-refractivity contribution in [2.75, 3.05) is 25.0 Å². The summed E-state index contributed by atoms with van der Waals surface area (Å²) >= 11 is 0. The number of carbonyl (C=O) groups excluding carboxylic acids is 1. The van der Waals surface area contributed by atoms with E-state index in [1.165, 1.54) is 25.7 Å². The van der Waals surface area contributed by atoms with Gasteiger partial charge in [0.05, 0.1) is 12.1 Å². The molecule has 3 rings (SSSR count). The quantitative estimate of drug-likeness (QED) is 0.857. The lowest BCUT2D eigenvalue weighted by molar-refractivity contribution is -0.131. The normalized spacial score (nSPS) is 21.4. The van der Waals surface area contributed by atoms with Crippen LogP contribution < -0.4 is 4.90 Å². The summed E-state index contributed by atoms with van der Waals surface area (Å²) in [5.74, 6) is 1.64. The van der Waals surface area contributed by atoms with Gasteiger partial charge in [0.25, 0.3) is 0 Å². The number of pyridine rings is 1. The Morgan fingerprint density at radius 1 is 1.35 bits per heavy atom. The minimum absolute atomic E-state index is 0.202. The van der Waals surface area contributed by atoms with E-state index in [1.54, 1.807) is 18.3 Å². The molecule has 5 heteroatoms. The second-order valence-electron chi connectivity index (χ2n) is 6.71. The molecule has 1 aromatic rings. The van der Waals surface area contributed by atoms with Gasteiger partial charge < -0.3 is 9.80 Å². The number of aromatic nitrogens is 1. The Labute approximate surface area is 137 Å². The molecule has 1 aliphatic carbocycles. The van der Waals surface area contributed by atoms with Gasteiger partial charge in [0, 0.05) is 25.8 Å². The highest BCUT2D eigenvalue weighted by molar-refractivity contribution is 5.81. The molecule has 1 atom stereocenters. The smallest absolute Gasteiger partial charge is 0.242 e. The summed E-state index contributed by atoms with van der Waals surface area (Å²) in [5, 5.41) is 8.82. The molecule has 0 unspecified atom stereocenters. The minimum Gasteiger partial charge on any atom is -0.350 e. The molecule has 0 bridgehead atoms. The summed E-state index contributed by atoms with van der Waals surface area (Å²) in [6.07, 6.45) is 9.04. The lowest BCUT2D eigenvalue weighted by atomic mass is 9.96. The number of likely N-dealkylation sites (N-methyl/N-ethyl adjacent to an activating group) is 1. The maximum Gasteiger partial charge on any atom is 0.242 e. The minimum atomic E-state index is 0.202. The Kier molecular flexibility index (Phi) is 4.80. The fourth-order valence-corrected chi connectivity index (χ4v) is 3.99. The first-order valence-corrected chi connectivity index (χ1v) is 8.56. The van der Waals surface area contributed by atoms with Crippen molar-refractivity contribution in [3.05, 3.63) is 23.9 Å². The van der Waals surface area contributed by atoms with Crippen molar-refractivity contribution in [2.24, 2.45) is 5.92 Å². The van der Waals surface area contributed by atoms with Crippen LogP contribution in [0.15, 0.2) is 18.3 Å². The Morgan fingerprint density at radius 3 is 2.78 bits per heavy atom. The molecule has 0 radical (unpaired) electrons. The fraction of sp³-hybridized carbons (Fsp3) is 0.611. The van der Waals surface area contributed by atoms with E-state index in [0.29, 0.717) is 24.1 Å². The van der Waals surface area contributed by atoms with Gasteiger partial charge in [0.1, 0.15) is 11.9 Å². The highest BCUT2D eigenvalue weighted by Crippen LogP contribution is 2.35. The van der Waals surface area contributed by atoms with Crippen molar-refractivity contribution in [1.29, 1.82) is 5.26 Å². The molecular weight excluding hydrogens is 288 g/mol. The number of carbonyl (C=O) groups is 1. The van der Waals surface area contributed by atoms with Gasteiger partial charge in [-0.15, -0.1) is 0 Å². The standard InChI is InChI=1S/C18H24N4O/c1-21(17-9-8-14(11-19)12-20-17)13-18(23)22-10-4-7-16(22)15-5-2-3-6-15/h8-9,12,15-16H,2-7,10,13H2,1H3/t16-/m0/s1. The van der Waals surface area contributed by atoms with Gasteiger partial charge >= 0.3 is 0 Å². The van der Waals surface area contributed by atoms with Crippen LogP contribution in [0.25, 0.3) is 0 Å². The Hall–Kier alpha value is -2.09. The molecule has 2 heterocycles. The molecule has 5 nitrogen and oxygen atoms in total. The summed E-state index contributed by atoms with van der Waals surface area (Å²) in [6.45, 7) is 1.25. The Bertz CT molecular complexity index is 586. The van der Waals surface area contributed by atoms with E-state index in [1.807, 2.05) is 11.9 Å². The molecule has 122 valence electrons. The topological polar surface area (TPSA) is 60.2 Å². The van der Waals surface area contributed by atoms with Crippen molar-refractivity contribution in [3.8, 4) is 6.07 Å². The molecule has 1 saturated carbocycles. The van der Waals surface area contributed by atoms with E-state index in [2.05, 4.69) is 16.0 Å². The van der Waals surface area contributed by atoms with Crippen molar-refractivity contribution in [2.45, 2.75) is 44.6 Å². The SMILES string of the molecule is CN(CC(=O)N1CCC[C@H]1C1CCCC1)c1ccc(C#N)cn1. The summed E-state index contributed by atoms with van der Waals surface area (Å²) in [7, 11) is 1.88. The average Bonchev–Trinajstić information content (AvgIpc) is 3.25. The number of likely N-dealkylation sites (tertiary alicyclic amines) is 1. The summed E-state index contributed by atoms with van der Waals surface area (Å²) in [6, 6.07) is 6.04. The zero-order valence-corrected chi connectivity index (χ0v) is 13.7. The van der Waals surface area contributed by atoms with E-state index < -0.39 is 0 Å². The lowest BCUT2D eigenvalue weighted by Gasteiger charge is -2.31. The Morgan fingerprint density at radius 2 is 2.13 bits per heavy atom. The maximum absolute atomic E-state index is 12.7. The van der Waals surface area contributed by atoms with Gasteiger partial charge in [0.15, 0.2) is 0 Å². The molecule has 2 aliphatic rings. The van der Waals surface area contributed by atoms with E-state index in [9.17, 15) is 4.79 Å². The van der Waals surface area contributed by atoms with Gasteiger partial charge in [-0.05, 0) is 43.7 Å². The van der Waals surface area contributed by atoms with Crippen molar-refractivity contribution in [3.63, 3.8) is 0 Å². The van der Waals surface area contributed by atoms with Crippen LogP contribution in [0.3, 0.4) is 0 Å². The second-order valence-corrected chi connectivity index (χ2v) is 6.71. The van der Waals surface area contributed by atoms with Crippen molar-refractivity contribution >= 4 is 11.7 Å². The Balaban J connectivity index is 1.62. The molecule has 1 aliphatic heterocycles. The van der Waals surface area contributed by atoms with Crippen LogP contribution in [0.4, 0.5) is 5.82 Å². The van der Waals surface area contributed by atoms with Crippen LogP contribution in [-0.4, -0.2) is 42.0 Å². The second kappa shape index (κ2) is 6.99. The molecular formula is C18H24N4O. The van der Waals surface area contributed by atoms with Crippen LogP contribution in [-0.2, 0) is 4.79 Å². The molecule has 0 aromatic carbocycles. The zero-order chi connectivity index (χ0) is 16.2. The molecule has 1 saturated heterocycles. The predicted molar refractivity (Wildman–Crippen MR) is 88.9 cm³/mol. The number of rotatable bonds is 4. The number of hydrogen-bond acceptors (Lipinski definition) is 4. The number of nitriles is 1. The van der Waals surface area contributed by atoms with E-state index in [4.69, 9.17) is 5.26 Å². The van der Waals surface area contributed by atoms with Crippen LogP contribution in [0.2, 0.25) is 0 Å². The molecule has 1 aromatic heterocycles. The van der Waals surface area contributed by atoms with Crippen LogP contribution in [0.5, 0.6) is 0 Å².